The van der Waals surface area contributed by atoms with Gasteiger partial charge in [0.25, 0.3) is 0 Å². The fourth-order valence-electron chi connectivity index (χ4n) is 1.55. The van der Waals surface area contributed by atoms with Crippen LogP contribution in [0.15, 0.2) is 0 Å². The number of rotatable bonds is 6. The lowest BCUT2D eigenvalue weighted by atomic mass is 10.4. The van der Waals surface area contributed by atoms with E-state index < -0.39 is 10.0 Å². The number of likely N-dealkylation sites (N-methyl/N-ethyl adjacent to an activating group) is 1. The second-order valence-electron chi connectivity index (χ2n) is 3.88. The highest BCUT2D eigenvalue weighted by Gasteiger charge is 2.18. The van der Waals surface area contributed by atoms with E-state index in [-0.39, 0.29) is 12.3 Å². The normalized spacial score (nSPS) is 19.2. The van der Waals surface area contributed by atoms with Crippen molar-refractivity contribution in [1.29, 1.82) is 0 Å². The van der Waals surface area contributed by atoms with Gasteiger partial charge in [-0.15, -0.1) is 0 Å². The van der Waals surface area contributed by atoms with Crippen molar-refractivity contribution in [2.24, 2.45) is 5.73 Å². The molecule has 0 aliphatic carbocycles. The number of hydrogen-bond acceptors (Lipinski definition) is 5. The van der Waals surface area contributed by atoms with Crippen LogP contribution in [0.4, 0.5) is 0 Å². The summed E-state index contributed by atoms with van der Waals surface area (Å²) in [7, 11) is -1.56. The maximum absolute atomic E-state index is 11.6. The van der Waals surface area contributed by atoms with E-state index in [2.05, 4.69) is 4.90 Å². The lowest BCUT2D eigenvalue weighted by Crippen LogP contribution is -2.42. The van der Waals surface area contributed by atoms with Crippen LogP contribution in [0.1, 0.15) is 0 Å². The van der Waals surface area contributed by atoms with Gasteiger partial charge in [0.05, 0.1) is 19.0 Å². The largest absolute Gasteiger partial charge is 0.379 e. The van der Waals surface area contributed by atoms with Crippen molar-refractivity contribution in [1.82, 2.24) is 9.21 Å². The molecule has 96 valence electrons. The minimum Gasteiger partial charge on any atom is -0.379 e. The first-order valence-corrected chi connectivity index (χ1v) is 7.11. The van der Waals surface area contributed by atoms with Gasteiger partial charge in [0.1, 0.15) is 0 Å². The zero-order chi connectivity index (χ0) is 12.0. The van der Waals surface area contributed by atoms with Gasteiger partial charge in [0, 0.05) is 39.8 Å². The van der Waals surface area contributed by atoms with E-state index in [1.54, 1.807) is 7.05 Å². The Bertz CT molecular complexity index is 288. The Labute approximate surface area is 97.4 Å². The molecule has 0 bridgehead atoms. The van der Waals surface area contributed by atoms with Gasteiger partial charge in [-0.2, -0.15) is 0 Å². The van der Waals surface area contributed by atoms with E-state index in [1.165, 1.54) is 4.31 Å². The first-order chi connectivity index (χ1) is 7.56. The monoisotopic (exact) mass is 251 g/mol. The van der Waals surface area contributed by atoms with E-state index in [9.17, 15) is 8.42 Å². The Kier molecular flexibility index (Phi) is 5.63. The maximum atomic E-state index is 11.6. The van der Waals surface area contributed by atoms with Crippen LogP contribution in [0.2, 0.25) is 0 Å². The van der Waals surface area contributed by atoms with E-state index in [0.717, 1.165) is 32.8 Å². The topological polar surface area (TPSA) is 75.9 Å². The molecule has 1 saturated heterocycles. The molecule has 0 amide bonds. The molecule has 2 N–H and O–H groups in total. The van der Waals surface area contributed by atoms with Crippen molar-refractivity contribution in [3.8, 4) is 0 Å². The summed E-state index contributed by atoms with van der Waals surface area (Å²) in [6.07, 6.45) is 0. The van der Waals surface area contributed by atoms with Crippen LogP contribution in [0, 0.1) is 0 Å². The smallest absolute Gasteiger partial charge is 0.215 e. The zero-order valence-corrected chi connectivity index (χ0v) is 10.6. The van der Waals surface area contributed by atoms with Crippen LogP contribution in [0.25, 0.3) is 0 Å². The van der Waals surface area contributed by atoms with Gasteiger partial charge in [0.2, 0.25) is 10.0 Å². The Morgan fingerprint density at radius 1 is 1.38 bits per heavy atom. The molecular weight excluding hydrogens is 230 g/mol. The quantitative estimate of drug-likeness (QED) is 0.624. The molecule has 1 aliphatic heterocycles. The molecule has 0 unspecified atom stereocenters. The van der Waals surface area contributed by atoms with Crippen molar-refractivity contribution in [2.75, 3.05) is 58.7 Å². The Balaban J connectivity index is 2.30. The predicted octanol–water partition coefficient (Wildman–Crippen LogP) is -1.46. The van der Waals surface area contributed by atoms with E-state index >= 15 is 0 Å². The minimum atomic E-state index is -3.16. The molecule has 0 saturated carbocycles. The molecule has 0 radical (unpaired) electrons. The molecule has 0 aromatic rings. The van der Waals surface area contributed by atoms with Crippen LogP contribution >= 0.6 is 0 Å². The SMILES string of the molecule is CN(CCN1CCOCC1)S(=O)(=O)CCN. The summed E-state index contributed by atoms with van der Waals surface area (Å²) in [4.78, 5) is 2.21. The van der Waals surface area contributed by atoms with E-state index in [0.29, 0.717) is 6.54 Å². The molecule has 6 nitrogen and oxygen atoms in total. The molecule has 1 aliphatic rings. The van der Waals surface area contributed by atoms with Crippen molar-refractivity contribution >= 4 is 10.0 Å². The van der Waals surface area contributed by atoms with Crippen molar-refractivity contribution < 1.29 is 13.2 Å². The van der Waals surface area contributed by atoms with Crippen LogP contribution in [-0.4, -0.2) is 76.4 Å². The number of nitrogens with two attached hydrogens (primary N) is 1. The molecule has 0 spiro atoms. The fourth-order valence-corrected chi connectivity index (χ4v) is 2.52. The molecule has 0 aromatic carbocycles. The standard InChI is InChI=1S/C9H21N3O3S/c1-11(16(13,14)9-2-10)3-4-12-5-7-15-8-6-12/h2-10H2,1H3. The summed E-state index contributed by atoms with van der Waals surface area (Å²) >= 11 is 0. The summed E-state index contributed by atoms with van der Waals surface area (Å²) in [5, 5.41) is 0. The second kappa shape index (κ2) is 6.51. The van der Waals surface area contributed by atoms with Gasteiger partial charge in [-0.3, -0.25) is 4.90 Å². The van der Waals surface area contributed by atoms with E-state index in [4.69, 9.17) is 10.5 Å². The minimum absolute atomic E-state index is 0.0204. The summed E-state index contributed by atoms with van der Waals surface area (Å²) in [5.74, 6) is 0.0204. The van der Waals surface area contributed by atoms with Gasteiger partial charge < -0.3 is 10.5 Å². The van der Waals surface area contributed by atoms with Crippen molar-refractivity contribution in [3.05, 3.63) is 0 Å². The lowest BCUT2D eigenvalue weighted by molar-refractivity contribution is 0.0368. The summed E-state index contributed by atoms with van der Waals surface area (Å²) in [6, 6.07) is 0. The van der Waals surface area contributed by atoms with Gasteiger partial charge in [-0.1, -0.05) is 0 Å². The zero-order valence-electron chi connectivity index (χ0n) is 9.76. The average molecular weight is 251 g/mol. The van der Waals surface area contributed by atoms with Crippen LogP contribution in [0.3, 0.4) is 0 Å². The van der Waals surface area contributed by atoms with Crippen molar-refractivity contribution in [2.45, 2.75) is 0 Å². The third-order valence-electron chi connectivity index (χ3n) is 2.69. The summed E-state index contributed by atoms with van der Waals surface area (Å²) < 4.78 is 29.8. The molecule has 1 fully saturated rings. The molecule has 1 heterocycles. The lowest BCUT2D eigenvalue weighted by Gasteiger charge is -2.28. The maximum Gasteiger partial charge on any atom is 0.215 e. The fraction of sp³-hybridized carbons (Fsp3) is 1.00. The predicted molar refractivity (Wildman–Crippen MR) is 62.7 cm³/mol. The highest BCUT2D eigenvalue weighted by atomic mass is 32.2. The summed E-state index contributed by atoms with van der Waals surface area (Å²) in [5.41, 5.74) is 5.26. The Morgan fingerprint density at radius 2 is 2.00 bits per heavy atom. The van der Waals surface area contributed by atoms with Crippen LogP contribution in [-0.2, 0) is 14.8 Å². The highest BCUT2D eigenvalue weighted by molar-refractivity contribution is 7.89. The van der Waals surface area contributed by atoms with Gasteiger partial charge in [-0.25, -0.2) is 12.7 Å². The number of hydrogen-bond donors (Lipinski definition) is 1. The molecule has 0 atom stereocenters. The average Bonchev–Trinajstić information content (AvgIpc) is 2.27. The first-order valence-electron chi connectivity index (χ1n) is 5.50. The molecule has 1 rings (SSSR count). The molecule has 0 aromatic heterocycles. The van der Waals surface area contributed by atoms with Gasteiger partial charge in [0.15, 0.2) is 0 Å². The Morgan fingerprint density at radius 3 is 2.56 bits per heavy atom. The van der Waals surface area contributed by atoms with Crippen LogP contribution in [0.5, 0.6) is 0 Å². The van der Waals surface area contributed by atoms with E-state index in [1.807, 2.05) is 0 Å². The molecule has 16 heavy (non-hydrogen) atoms. The third-order valence-corrected chi connectivity index (χ3v) is 4.57. The summed E-state index contributed by atoms with van der Waals surface area (Å²) in [6.45, 7) is 4.67. The number of sulfonamides is 1. The molecular formula is C9H21N3O3S. The highest BCUT2D eigenvalue weighted by Crippen LogP contribution is 2.00. The number of ether oxygens (including phenoxy) is 1. The van der Waals surface area contributed by atoms with Gasteiger partial charge >= 0.3 is 0 Å². The first kappa shape index (κ1) is 13.9. The Hall–Kier alpha value is -0.210. The van der Waals surface area contributed by atoms with Gasteiger partial charge in [-0.05, 0) is 0 Å². The number of nitrogens with zero attached hydrogens (tertiary/aromatic N) is 2. The van der Waals surface area contributed by atoms with Crippen LogP contribution < -0.4 is 5.73 Å². The second-order valence-corrected chi connectivity index (χ2v) is 6.08. The molecule has 7 heteroatoms. The third kappa shape index (κ3) is 4.34. The van der Waals surface area contributed by atoms with Crippen molar-refractivity contribution in [3.63, 3.8) is 0 Å². The number of morpholine rings is 1.